The van der Waals surface area contributed by atoms with Gasteiger partial charge in [-0.15, -0.1) is 0 Å². The van der Waals surface area contributed by atoms with Gasteiger partial charge in [0.05, 0.1) is 13.3 Å². The highest BCUT2D eigenvalue weighted by Gasteiger charge is 2.27. The Balaban J connectivity index is 1.93. The molecule has 2 aliphatic heterocycles. The molecule has 58 valence electrons. The topological polar surface area (TPSA) is 33.3 Å². The molecule has 3 nitrogen and oxygen atoms in total. The minimum Gasteiger partial charge on any atom is -0.366 e. The third-order valence-corrected chi connectivity index (χ3v) is 2.40. The van der Waals surface area contributed by atoms with Crippen LogP contribution in [0, 0.1) is 5.92 Å². The van der Waals surface area contributed by atoms with Crippen LogP contribution in [0.25, 0.3) is 0 Å². The van der Waals surface area contributed by atoms with Crippen molar-refractivity contribution >= 4 is 0 Å². The second kappa shape index (κ2) is 2.86. The molecule has 0 saturated carbocycles. The molecule has 0 aromatic rings. The summed E-state index contributed by atoms with van der Waals surface area (Å²) in [5.74, 6) is 0.759. The number of hydrogen-bond acceptors (Lipinski definition) is 3. The second-order valence-electron chi connectivity index (χ2n) is 3.08. The lowest BCUT2D eigenvalue weighted by Gasteiger charge is -2.36. The molecule has 2 aliphatic rings. The summed E-state index contributed by atoms with van der Waals surface area (Å²) in [6.07, 6.45) is 1.26. The summed E-state index contributed by atoms with van der Waals surface area (Å²) in [5, 5.41) is 6.70. The summed E-state index contributed by atoms with van der Waals surface area (Å²) in [4.78, 5) is 0. The molecule has 0 aliphatic carbocycles. The van der Waals surface area contributed by atoms with Gasteiger partial charge in [0.25, 0.3) is 0 Å². The first-order valence-electron chi connectivity index (χ1n) is 3.98. The molecular formula is C7H14N2O. The Morgan fingerprint density at radius 3 is 3.30 bits per heavy atom. The third kappa shape index (κ3) is 1.17. The highest BCUT2D eigenvalue weighted by atomic mass is 16.5. The van der Waals surface area contributed by atoms with Gasteiger partial charge in [-0.2, -0.15) is 0 Å². The van der Waals surface area contributed by atoms with Crippen molar-refractivity contribution in [2.75, 3.05) is 26.4 Å². The first kappa shape index (κ1) is 6.58. The van der Waals surface area contributed by atoms with E-state index < -0.39 is 0 Å². The summed E-state index contributed by atoms with van der Waals surface area (Å²) >= 11 is 0. The normalized spacial score (nSPS) is 40.8. The van der Waals surface area contributed by atoms with Gasteiger partial charge in [0.2, 0.25) is 0 Å². The van der Waals surface area contributed by atoms with Crippen LogP contribution in [0.15, 0.2) is 0 Å². The van der Waals surface area contributed by atoms with E-state index in [-0.39, 0.29) is 0 Å². The zero-order valence-electron chi connectivity index (χ0n) is 6.10. The number of hydrogen-bond donors (Lipinski definition) is 2. The largest absolute Gasteiger partial charge is 0.366 e. The fourth-order valence-corrected chi connectivity index (χ4v) is 1.73. The predicted molar refractivity (Wildman–Crippen MR) is 38.7 cm³/mol. The van der Waals surface area contributed by atoms with Crippen LogP contribution in [-0.2, 0) is 4.74 Å². The fourth-order valence-electron chi connectivity index (χ4n) is 1.73. The second-order valence-corrected chi connectivity index (χ2v) is 3.08. The first-order valence-corrected chi connectivity index (χ1v) is 3.98. The van der Waals surface area contributed by atoms with Gasteiger partial charge in [-0.05, 0) is 13.0 Å². The van der Waals surface area contributed by atoms with Crippen LogP contribution in [0.1, 0.15) is 6.42 Å². The van der Waals surface area contributed by atoms with Gasteiger partial charge in [0.1, 0.15) is 0 Å². The molecule has 0 aromatic heterocycles. The Bertz CT molecular complexity index is 92.2. The number of fused-ring (bicyclic) bond motifs is 1. The van der Waals surface area contributed by atoms with Crippen molar-refractivity contribution in [3.05, 3.63) is 0 Å². The lowest BCUT2D eigenvalue weighted by molar-refractivity contribution is 0.00672. The van der Waals surface area contributed by atoms with Crippen molar-refractivity contribution in [3.63, 3.8) is 0 Å². The van der Waals surface area contributed by atoms with Crippen LogP contribution >= 0.6 is 0 Å². The van der Waals surface area contributed by atoms with Crippen molar-refractivity contribution in [1.29, 1.82) is 0 Å². The lowest BCUT2D eigenvalue weighted by Crippen LogP contribution is -2.54. The molecule has 0 amide bonds. The van der Waals surface area contributed by atoms with Crippen LogP contribution in [0.2, 0.25) is 0 Å². The van der Waals surface area contributed by atoms with Gasteiger partial charge in [-0.25, -0.2) is 0 Å². The average molecular weight is 142 g/mol. The summed E-state index contributed by atoms with van der Waals surface area (Å²) in [6, 6.07) is 0.669. The zero-order valence-corrected chi connectivity index (χ0v) is 6.10. The maximum Gasteiger partial charge on any atom is 0.0968 e. The SMILES string of the molecule is C1CC2COCNC2CN1. The van der Waals surface area contributed by atoms with Crippen molar-refractivity contribution in [2.24, 2.45) is 5.92 Å². The van der Waals surface area contributed by atoms with Gasteiger partial charge >= 0.3 is 0 Å². The Hall–Kier alpha value is -0.120. The predicted octanol–water partition coefficient (Wildman–Crippen LogP) is -0.458. The molecule has 2 rings (SSSR count). The molecule has 2 N–H and O–H groups in total. The van der Waals surface area contributed by atoms with E-state index in [2.05, 4.69) is 10.6 Å². The number of rotatable bonds is 0. The molecule has 2 atom stereocenters. The van der Waals surface area contributed by atoms with Crippen LogP contribution in [0.3, 0.4) is 0 Å². The summed E-state index contributed by atoms with van der Waals surface area (Å²) in [7, 11) is 0. The summed E-state index contributed by atoms with van der Waals surface area (Å²) in [5.41, 5.74) is 0. The standard InChI is InChI=1S/C7H14N2O/c1-2-8-3-7-6(1)4-10-5-9-7/h6-9H,1-5H2. The van der Waals surface area contributed by atoms with E-state index in [0.29, 0.717) is 6.04 Å². The molecule has 0 radical (unpaired) electrons. The molecule has 10 heavy (non-hydrogen) atoms. The lowest BCUT2D eigenvalue weighted by atomic mass is 9.93. The smallest absolute Gasteiger partial charge is 0.0968 e. The molecule has 0 bridgehead atoms. The van der Waals surface area contributed by atoms with Crippen molar-refractivity contribution in [1.82, 2.24) is 10.6 Å². The Labute approximate surface area is 61.1 Å². The molecule has 2 saturated heterocycles. The fraction of sp³-hybridized carbons (Fsp3) is 1.00. The van der Waals surface area contributed by atoms with E-state index in [9.17, 15) is 0 Å². The minimum absolute atomic E-state index is 0.669. The van der Waals surface area contributed by atoms with Crippen molar-refractivity contribution < 1.29 is 4.74 Å². The van der Waals surface area contributed by atoms with Crippen LogP contribution in [-0.4, -0.2) is 32.5 Å². The molecule has 0 spiro atoms. The molecule has 2 unspecified atom stereocenters. The van der Waals surface area contributed by atoms with E-state index in [4.69, 9.17) is 4.74 Å². The maximum absolute atomic E-state index is 5.30. The number of piperidine rings is 1. The molecular weight excluding hydrogens is 128 g/mol. The minimum atomic E-state index is 0.669. The van der Waals surface area contributed by atoms with Crippen molar-refractivity contribution in [2.45, 2.75) is 12.5 Å². The Kier molecular flexibility index (Phi) is 1.88. The molecule has 3 heteroatoms. The quantitative estimate of drug-likeness (QED) is 0.480. The van der Waals surface area contributed by atoms with E-state index >= 15 is 0 Å². The maximum atomic E-state index is 5.30. The average Bonchev–Trinajstić information content (AvgIpc) is 2.05. The number of nitrogens with one attached hydrogen (secondary N) is 2. The van der Waals surface area contributed by atoms with E-state index in [1.54, 1.807) is 0 Å². The number of ether oxygens (including phenoxy) is 1. The van der Waals surface area contributed by atoms with Gasteiger partial charge in [0, 0.05) is 18.5 Å². The Morgan fingerprint density at radius 2 is 2.40 bits per heavy atom. The van der Waals surface area contributed by atoms with E-state index in [0.717, 1.165) is 32.3 Å². The highest BCUT2D eigenvalue weighted by molar-refractivity contribution is 4.84. The van der Waals surface area contributed by atoms with Gasteiger partial charge in [-0.1, -0.05) is 0 Å². The highest BCUT2D eigenvalue weighted by Crippen LogP contribution is 2.15. The van der Waals surface area contributed by atoms with Gasteiger partial charge in [0.15, 0.2) is 0 Å². The Morgan fingerprint density at radius 1 is 1.40 bits per heavy atom. The van der Waals surface area contributed by atoms with E-state index in [1.807, 2.05) is 0 Å². The van der Waals surface area contributed by atoms with Gasteiger partial charge < -0.3 is 10.1 Å². The first-order chi connectivity index (χ1) is 4.97. The van der Waals surface area contributed by atoms with Gasteiger partial charge in [-0.3, -0.25) is 5.32 Å². The molecule has 2 fully saturated rings. The monoisotopic (exact) mass is 142 g/mol. The van der Waals surface area contributed by atoms with Crippen LogP contribution in [0.5, 0.6) is 0 Å². The van der Waals surface area contributed by atoms with Crippen LogP contribution in [0.4, 0.5) is 0 Å². The van der Waals surface area contributed by atoms with Crippen molar-refractivity contribution in [3.8, 4) is 0 Å². The van der Waals surface area contributed by atoms with E-state index in [1.165, 1.54) is 6.42 Å². The molecule has 2 heterocycles. The third-order valence-electron chi connectivity index (χ3n) is 2.40. The van der Waals surface area contributed by atoms with Crippen LogP contribution < -0.4 is 10.6 Å². The zero-order chi connectivity index (χ0) is 6.81. The summed E-state index contributed by atoms with van der Waals surface area (Å²) < 4.78 is 5.30. The summed E-state index contributed by atoms with van der Waals surface area (Å²) in [6.45, 7) is 3.97. The molecule has 0 aromatic carbocycles.